The van der Waals surface area contributed by atoms with E-state index < -0.39 is 42.5 Å². The van der Waals surface area contributed by atoms with Crippen LogP contribution in [0.3, 0.4) is 0 Å². The van der Waals surface area contributed by atoms with E-state index in [-0.39, 0.29) is 33.0 Å². The van der Waals surface area contributed by atoms with Crippen LogP contribution in [-0.2, 0) is 9.53 Å². The standard InChI is InChI=1S/C16H34N4O7/c17-13(14(18)25)3-1-2-4-19-15(26)20-8-16(9-23,10-24)11-27-7-12(5-21)6-22/h12-13,21-24H,1-11,17H2,(H2,18,25)(H2,19,20,26)/t13-/m1/s1. The molecule has 0 spiro atoms. The number of aliphatic hydroxyl groups excluding tert-OH is 4. The maximum Gasteiger partial charge on any atom is 0.314 e. The van der Waals surface area contributed by atoms with Crippen molar-refractivity contribution in [3.05, 3.63) is 0 Å². The van der Waals surface area contributed by atoms with Gasteiger partial charge in [-0.3, -0.25) is 4.79 Å². The van der Waals surface area contributed by atoms with E-state index in [1.807, 2.05) is 0 Å². The molecule has 3 amide bonds. The molecule has 0 aliphatic heterocycles. The van der Waals surface area contributed by atoms with Crippen LogP contribution in [0.25, 0.3) is 0 Å². The van der Waals surface area contributed by atoms with Crippen LogP contribution in [0.1, 0.15) is 19.3 Å². The van der Waals surface area contributed by atoms with Crippen molar-refractivity contribution in [2.24, 2.45) is 22.8 Å². The minimum Gasteiger partial charge on any atom is -0.396 e. The maximum absolute atomic E-state index is 11.8. The highest BCUT2D eigenvalue weighted by atomic mass is 16.5. The van der Waals surface area contributed by atoms with E-state index in [0.717, 1.165) is 0 Å². The minimum atomic E-state index is -1.08. The monoisotopic (exact) mass is 394 g/mol. The van der Waals surface area contributed by atoms with Crippen molar-refractivity contribution < 1.29 is 34.8 Å². The van der Waals surface area contributed by atoms with E-state index in [1.54, 1.807) is 0 Å². The highest BCUT2D eigenvalue weighted by Crippen LogP contribution is 2.15. The lowest BCUT2D eigenvalue weighted by Gasteiger charge is -2.30. The van der Waals surface area contributed by atoms with E-state index in [0.29, 0.717) is 25.8 Å². The van der Waals surface area contributed by atoms with Crippen LogP contribution in [0, 0.1) is 11.3 Å². The normalized spacial score (nSPS) is 12.8. The first-order chi connectivity index (χ1) is 12.8. The molecule has 0 unspecified atom stereocenters. The second kappa shape index (κ2) is 14.5. The summed E-state index contributed by atoms with van der Waals surface area (Å²) in [5, 5.41) is 42.3. The van der Waals surface area contributed by atoms with Crippen molar-refractivity contribution in [2.75, 3.05) is 52.7 Å². The second-order valence-electron chi connectivity index (χ2n) is 6.68. The smallest absolute Gasteiger partial charge is 0.314 e. The molecule has 11 nitrogen and oxygen atoms in total. The molecule has 0 aromatic heterocycles. The number of urea groups is 1. The average molecular weight is 394 g/mol. The predicted octanol–water partition coefficient (Wildman–Crippen LogP) is -3.14. The number of primary amides is 1. The van der Waals surface area contributed by atoms with Crippen molar-refractivity contribution in [1.29, 1.82) is 0 Å². The van der Waals surface area contributed by atoms with Gasteiger partial charge in [-0.1, -0.05) is 0 Å². The minimum absolute atomic E-state index is 0.0265. The predicted molar refractivity (Wildman–Crippen MR) is 97.5 cm³/mol. The van der Waals surface area contributed by atoms with Gasteiger partial charge in [0.1, 0.15) is 0 Å². The molecule has 11 heteroatoms. The highest BCUT2D eigenvalue weighted by molar-refractivity contribution is 5.79. The molecule has 160 valence electrons. The molecule has 0 bridgehead atoms. The van der Waals surface area contributed by atoms with E-state index in [4.69, 9.17) is 26.4 Å². The van der Waals surface area contributed by atoms with Crippen LogP contribution in [-0.4, -0.2) is 91.1 Å². The zero-order chi connectivity index (χ0) is 20.7. The molecule has 0 heterocycles. The van der Waals surface area contributed by atoms with Crippen LogP contribution in [0.15, 0.2) is 0 Å². The third kappa shape index (κ3) is 11.1. The second-order valence-corrected chi connectivity index (χ2v) is 6.68. The van der Waals surface area contributed by atoms with E-state index >= 15 is 0 Å². The molecule has 0 rings (SSSR count). The van der Waals surface area contributed by atoms with Crippen molar-refractivity contribution in [3.63, 3.8) is 0 Å². The van der Waals surface area contributed by atoms with Crippen molar-refractivity contribution in [2.45, 2.75) is 25.3 Å². The highest BCUT2D eigenvalue weighted by Gasteiger charge is 2.30. The van der Waals surface area contributed by atoms with Gasteiger partial charge < -0.3 is 47.3 Å². The first-order valence-electron chi connectivity index (χ1n) is 8.92. The summed E-state index contributed by atoms with van der Waals surface area (Å²) in [6.45, 7) is -0.972. The fourth-order valence-corrected chi connectivity index (χ4v) is 2.07. The third-order valence-electron chi connectivity index (χ3n) is 4.17. The number of nitrogens with two attached hydrogens (primary N) is 2. The number of hydrogen-bond acceptors (Lipinski definition) is 8. The largest absolute Gasteiger partial charge is 0.396 e. The van der Waals surface area contributed by atoms with E-state index in [9.17, 15) is 19.8 Å². The Balaban J connectivity index is 4.13. The maximum atomic E-state index is 11.8. The SMILES string of the molecule is NC(=O)[C@H](N)CCCCNC(=O)NCC(CO)(CO)COCC(CO)CO. The summed E-state index contributed by atoms with van der Waals surface area (Å²) in [4.78, 5) is 22.6. The zero-order valence-electron chi connectivity index (χ0n) is 15.6. The van der Waals surface area contributed by atoms with Crippen LogP contribution >= 0.6 is 0 Å². The fourth-order valence-electron chi connectivity index (χ4n) is 2.07. The third-order valence-corrected chi connectivity index (χ3v) is 4.17. The van der Waals surface area contributed by atoms with Crippen molar-refractivity contribution >= 4 is 11.9 Å². The van der Waals surface area contributed by atoms with Gasteiger partial charge in [-0.2, -0.15) is 0 Å². The first-order valence-corrected chi connectivity index (χ1v) is 8.92. The summed E-state index contributed by atoms with van der Waals surface area (Å²) in [6.07, 6.45) is 1.69. The molecule has 0 aromatic rings. The zero-order valence-corrected chi connectivity index (χ0v) is 15.6. The molecule has 0 aliphatic rings. The number of ether oxygens (including phenoxy) is 1. The van der Waals surface area contributed by atoms with Gasteiger partial charge in [0.2, 0.25) is 5.91 Å². The molecule has 10 N–H and O–H groups in total. The number of nitrogens with one attached hydrogen (secondary N) is 2. The first kappa shape index (κ1) is 25.5. The summed E-state index contributed by atoms with van der Waals surface area (Å²) >= 11 is 0. The Kier molecular flexibility index (Phi) is 13.7. The summed E-state index contributed by atoms with van der Waals surface area (Å²) in [5.41, 5.74) is 9.47. The van der Waals surface area contributed by atoms with Crippen LogP contribution < -0.4 is 22.1 Å². The topological polar surface area (TPSA) is 200 Å². The van der Waals surface area contributed by atoms with Gasteiger partial charge in [0.25, 0.3) is 0 Å². The van der Waals surface area contributed by atoms with Crippen molar-refractivity contribution in [1.82, 2.24) is 10.6 Å². The summed E-state index contributed by atoms with van der Waals surface area (Å²) in [6, 6.07) is -1.16. The van der Waals surface area contributed by atoms with Crippen molar-refractivity contribution in [3.8, 4) is 0 Å². The van der Waals surface area contributed by atoms with Crippen LogP contribution in [0.5, 0.6) is 0 Å². The Morgan fingerprint density at radius 1 is 1.04 bits per heavy atom. The lowest BCUT2D eigenvalue weighted by molar-refractivity contribution is -0.119. The lowest BCUT2D eigenvalue weighted by Crippen LogP contribution is -2.48. The average Bonchev–Trinajstić information content (AvgIpc) is 2.67. The van der Waals surface area contributed by atoms with E-state index in [2.05, 4.69) is 10.6 Å². The van der Waals surface area contributed by atoms with Gasteiger partial charge in [-0.15, -0.1) is 0 Å². The number of rotatable bonds is 16. The van der Waals surface area contributed by atoms with Gasteiger partial charge in [0, 0.05) is 19.0 Å². The molecule has 1 atom stereocenters. The van der Waals surface area contributed by atoms with Gasteiger partial charge in [-0.05, 0) is 19.3 Å². The Morgan fingerprint density at radius 2 is 1.67 bits per heavy atom. The number of carbonyl (C=O) groups is 2. The van der Waals surface area contributed by atoms with Gasteiger partial charge in [0.15, 0.2) is 0 Å². The molecule has 0 saturated heterocycles. The molecule has 27 heavy (non-hydrogen) atoms. The molecular weight excluding hydrogens is 360 g/mol. The fraction of sp³-hybridized carbons (Fsp3) is 0.875. The van der Waals surface area contributed by atoms with E-state index in [1.165, 1.54) is 0 Å². The Morgan fingerprint density at radius 3 is 2.19 bits per heavy atom. The summed E-state index contributed by atoms with van der Waals surface area (Å²) in [7, 11) is 0. The number of carbonyl (C=O) groups excluding carboxylic acids is 2. The molecular formula is C16H34N4O7. The Labute approximate surface area is 159 Å². The molecule has 0 fully saturated rings. The molecule has 0 radical (unpaired) electrons. The van der Waals surface area contributed by atoms with Gasteiger partial charge in [-0.25, -0.2) is 4.79 Å². The summed E-state index contributed by atoms with van der Waals surface area (Å²) in [5.74, 6) is -1.00. The molecule has 0 aliphatic carbocycles. The van der Waals surface area contributed by atoms with Gasteiger partial charge >= 0.3 is 6.03 Å². The number of unbranched alkanes of at least 4 members (excludes halogenated alkanes) is 1. The number of aliphatic hydroxyl groups is 4. The number of amides is 3. The molecule has 0 aromatic carbocycles. The lowest BCUT2D eigenvalue weighted by atomic mass is 9.91. The quantitative estimate of drug-likeness (QED) is 0.125. The Hall–Kier alpha value is -1.50. The van der Waals surface area contributed by atoms with Crippen LogP contribution in [0.4, 0.5) is 4.79 Å². The molecule has 0 saturated carbocycles. The Bertz CT molecular complexity index is 418. The number of hydrogen-bond donors (Lipinski definition) is 8. The van der Waals surface area contributed by atoms with Gasteiger partial charge in [0.05, 0.1) is 51.1 Å². The van der Waals surface area contributed by atoms with Crippen LogP contribution in [0.2, 0.25) is 0 Å². The summed E-state index contributed by atoms with van der Waals surface area (Å²) < 4.78 is 5.35.